The fourth-order valence-electron chi connectivity index (χ4n) is 4.64. The lowest BCUT2D eigenvalue weighted by atomic mass is 9.90. The van der Waals surface area contributed by atoms with Crippen LogP contribution < -0.4 is 5.32 Å². The van der Waals surface area contributed by atoms with Gasteiger partial charge in [0.25, 0.3) is 5.91 Å². The second kappa shape index (κ2) is 10.4. The summed E-state index contributed by atoms with van der Waals surface area (Å²) in [7, 11) is 0. The number of rotatable bonds is 6. The lowest BCUT2D eigenvalue weighted by molar-refractivity contribution is -0.134. The topological polar surface area (TPSA) is 91.3 Å². The van der Waals surface area contributed by atoms with Crippen molar-refractivity contribution in [2.75, 3.05) is 31.5 Å². The molecule has 0 atom stereocenters. The van der Waals surface area contributed by atoms with Gasteiger partial charge in [-0.1, -0.05) is 30.3 Å². The van der Waals surface area contributed by atoms with Crippen molar-refractivity contribution in [1.29, 1.82) is 0 Å². The Hall–Kier alpha value is -3.17. The molecule has 0 bridgehead atoms. The van der Waals surface area contributed by atoms with E-state index in [1.54, 1.807) is 0 Å². The van der Waals surface area contributed by atoms with Gasteiger partial charge in [-0.15, -0.1) is 11.3 Å². The number of benzene rings is 1. The van der Waals surface area contributed by atoms with Gasteiger partial charge in [0, 0.05) is 49.9 Å². The Morgan fingerprint density at radius 1 is 1.09 bits per heavy atom. The van der Waals surface area contributed by atoms with Crippen molar-refractivity contribution in [3.05, 3.63) is 70.8 Å². The first-order valence-electron chi connectivity index (χ1n) is 11.7. The van der Waals surface area contributed by atoms with E-state index in [-0.39, 0.29) is 17.5 Å². The maximum absolute atomic E-state index is 13.0. The van der Waals surface area contributed by atoms with E-state index < -0.39 is 0 Å². The molecule has 2 aromatic heterocycles. The summed E-state index contributed by atoms with van der Waals surface area (Å²) in [5.74, 6) is 0.542. The second-order valence-corrected chi connectivity index (χ2v) is 9.99. The van der Waals surface area contributed by atoms with Crippen LogP contribution in [0, 0.1) is 5.92 Å². The molecule has 1 aromatic carbocycles. The molecular formula is C25H28N6O2S. The van der Waals surface area contributed by atoms with E-state index in [2.05, 4.69) is 55.5 Å². The molecule has 4 heterocycles. The third-order valence-electron chi connectivity index (χ3n) is 6.52. The SMILES string of the molecule is O=C(Nc1nc2c(s1)CN(CC(=O)N1CCC(Cc3ccccc3)CC1)CC2)c1cnccn1. The molecular weight excluding hydrogens is 448 g/mol. The minimum absolute atomic E-state index is 0.210. The average molecular weight is 477 g/mol. The number of nitrogens with one attached hydrogen (secondary N) is 1. The van der Waals surface area contributed by atoms with Crippen LogP contribution in [0.4, 0.5) is 5.13 Å². The molecule has 5 rings (SSSR count). The zero-order valence-corrected chi connectivity index (χ0v) is 19.8. The molecule has 0 unspecified atom stereocenters. The maximum Gasteiger partial charge on any atom is 0.277 e. The number of hydrogen-bond donors (Lipinski definition) is 1. The number of likely N-dealkylation sites (tertiary alicyclic amines) is 1. The van der Waals surface area contributed by atoms with Crippen LogP contribution in [0.1, 0.15) is 39.5 Å². The molecule has 2 aliphatic heterocycles. The smallest absolute Gasteiger partial charge is 0.277 e. The highest BCUT2D eigenvalue weighted by molar-refractivity contribution is 7.15. The van der Waals surface area contributed by atoms with Crippen LogP contribution in [0.2, 0.25) is 0 Å². The highest BCUT2D eigenvalue weighted by atomic mass is 32.1. The number of anilines is 1. The first kappa shape index (κ1) is 22.6. The number of thiazole rings is 1. The molecule has 176 valence electrons. The zero-order valence-electron chi connectivity index (χ0n) is 19.0. The van der Waals surface area contributed by atoms with E-state index in [0.29, 0.717) is 24.1 Å². The molecule has 1 fully saturated rings. The van der Waals surface area contributed by atoms with E-state index in [1.165, 1.54) is 35.5 Å². The number of nitrogens with zero attached hydrogens (tertiary/aromatic N) is 5. The molecule has 0 aliphatic carbocycles. The summed E-state index contributed by atoms with van der Waals surface area (Å²) < 4.78 is 0. The fraction of sp³-hybridized carbons (Fsp3) is 0.400. The zero-order chi connectivity index (χ0) is 23.3. The van der Waals surface area contributed by atoms with Crippen LogP contribution in [-0.2, 0) is 24.2 Å². The molecule has 0 spiro atoms. The van der Waals surface area contributed by atoms with Gasteiger partial charge in [0.1, 0.15) is 5.69 Å². The molecule has 34 heavy (non-hydrogen) atoms. The van der Waals surface area contributed by atoms with Gasteiger partial charge in [-0.05, 0) is 30.7 Å². The molecule has 9 heteroatoms. The van der Waals surface area contributed by atoms with Gasteiger partial charge in [0.15, 0.2) is 5.13 Å². The van der Waals surface area contributed by atoms with E-state index in [4.69, 9.17) is 0 Å². The van der Waals surface area contributed by atoms with Gasteiger partial charge < -0.3 is 4.90 Å². The molecule has 1 N–H and O–H groups in total. The van der Waals surface area contributed by atoms with Gasteiger partial charge in [-0.3, -0.25) is 24.8 Å². The number of carbonyl (C=O) groups is 2. The number of carbonyl (C=O) groups excluding carboxylic acids is 2. The van der Waals surface area contributed by atoms with Crippen molar-refractivity contribution in [3.8, 4) is 0 Å². The summed E-state index contributed by atoms with van der Waals surface area (Å²) in [5, 5.41) is 3.38. The molecule has 0 saturated carbocycles. The largest absolute Gasteiger partial charge is 0.342 e. The molecule has 1 saturated heterocycles. The lowest BCUT2D eigenvalue weighted by Crippen LogP contribution is -2.45. The minimum Gasteiger partial charge on any atom is -0.342 e. The number of fused-ring (bicyclic) bond motifs is 1. The van der Waals surface area contributed by atoms with Crippen molar-refractivity contribution in [3.63, 3.8) is 0 Å². The van der Waals surface area contributed by atoms with Gasteiger partial charge in [0.2, 0.25) is 5.91 Å². The predicted molar refractivity (Wildman–Crippen MR) is 131 cm³/mol. The molecule has 8 nitrogen and oxygen atoms in total. The third kappa shape index (κ3) is 5.48. The number of amides is 2. The fourth-order valence-corrected chi connectivity index (χ4v) is 5.69. The lowest BCUT2D eigenvalue weighted by Gasteiger charge is -2.34. The van der Waals surface area contributed by atoms with Gasteiger partial charge >= 0.3 is 0 Å². The standard InChI is InChI=1S/C25H28N6O2S/c32-23(31-12-6-19(7-13-31)14-18-4-2-1-3-5-18)17-30-11-8-20-22(16-30)34-25(28-20)29-24(33)21-15-26-9-10-27-21/h1-5,9-10,15,19H,6-8,11-14,16-17H2,(H,28,29,33). The Labute approximate surface area is 203 Å². The summed E-state index contributed by atoms with van der Waals surface area (Å²) in [6, 6.07) is 10.6. The van der Waals surface area contributed by atoms with Crippen LogP contribution in [0.15, 0.2) is 48.9 Å². The van der Waals surface area contributed by atoms with Crippen LogP contribution >= 0.6 is 11.3 Å². The van der Waals surface area contributed by atoms with Crippen LogP contribution in [0.5, 0.6) is 0 Å². The number of piperidine rings is 1. The third-order valence-corrected chi connectivity index (χ3v) is 7.52. The summed E-state index contributed by atoms with van der Waals surface area (Å²) in [4.78, 5) is 43.1. The molecule has 0 radical (unpaired) electrons. The van der Waals surface area contributed by atoms with E-state index >= 15 is 0 Å². The van der Waals surface area contributed by atoms with E-state index in [1.807, 2.05) is 4.90 Å². The van der Waals surface area contributed by atoms with Crippen LogP contribution in [0.25, 0.3) is 0 Å². The van der Waals surface area contributed by atoms with Crippen molar-refractivity contribution in [1.82, 2.24) is 24.8 Å². The average Bonchev–Trinajstić information content (AvgIpc) is 3.27. The van der Waals surface area contributed by atoms with E-state index in [9.17, 15) is 9.59 Å². The number of hydrogen-bond acceptors (Lipinski definition) is 7. The van der Waals surface area contributed by atoms with Crippen molar-refractivity contribution in [2.45, 2.75) is 32.2 Å². The van der Waals surface area contributed by atoms with Crippen LogP contribution in [-0.4, -0.2) is 62.7 Å². The van der Waals surface area contributed by atoms with E-state index in [0.717, 1.165) is 55.9 Å². The summed E-state index contributed by atoms with van der Waals surface area (Å²) in [6.07, 6.45) is 8.45. The minimum atomic E-state index is -0.318. The van der Waals surface area contributed by atoms with Gasteiger partial charge in [0.05, 0.1) is 18.4 Å². The van der Waals surface area contributed by atoms with Crippen molar-refractivity contribution >= 4 is 28.3 Å². The monoisotopic (exact) mass is 476 g/mol. The Morgan fingerprint density at radius 2 is 1.91 bits per heavy atom. The first-order chi connectivity index (χ1) is 16.6. The number of aromatic nitrogens is 3. The Morgan fingerprint density at radius 3 is 2.68 bits per heavy atom. The predicted octanol–water partition coefficient (Wildman–Crippen LogP) is 3.02. The Balaban J connectivity index is 1.10. The van der Waals surface area contributed by atoms with Gasteiger partial charge in [-0.2, -0.15) is 0 Å². The second-order valence-electron chi connectivity index (χ2n) is 8.91. The van der Waals surface area contributed by atoms with Crippen molar-refractivity contribution in [2.24, 2.45) is 5.92 Å². The highest BCUT2D eigenvalue weighted by Crippen LogP contribution is 2.29. The summed E-state index contributed by atoms with van der Waals surface area (Å²) in [6.45, 7) is 3.60. The molecule has 2 amide bonds. The Bertz CT molecular complexity index is 1130. The normalized spacial score (nSPS) is 16.8. The quantitative estimate of drug-likeness (QED) is 0.588. The summed E-state index contributed by atoms with van der Waals surface area (Å²) in [5.41, 5.74) is 2.65. The highest BCUT2D eigenvalue weighted by Gasteiger charge is 2.27. The van der Waals surface area contributed by atoms with Crippen molar-refractivity contribution < 1.29 is 9.59 Å². The Kier molecular flexibility index (Phi) is 6.92. The molecule has 2 aliphatic rings. The first-order valence-corrected chi connectivity index (χ1v) is 12.6. The summed E-state index contributed by atoms with van der Waals surface area (Å²) >= 11 is 1.47. The van der Waals surface area contributed by atoms with Gasteiger partial charge in [-0.25, -0.2) is 9.97 Å². The maximum atomic E-state index is 13.0. The van der Waals surface area contributed by atoms with Crippen LogP contribution in [0.3, 0.4) is 0 Å². The molecule has 3 aromatic rings.